The summed E-state index contributed by atoms with van der Waals surface area (Å²) in [5, 5.41) is 13.3. The van der Waals surface area contributed by atoms with Gasteiger partial charge in [-0.25, -0.2) is 12.7 Å². The highest BCUT2D eigenvalue weighted by atomic mass is 32.2. The topological polar surface area (TPSA) is 93.5 Å². The Balaban J connectivity index is 1.73. The molecule has 0 saturated carbocycles. The summed E-state index contributed by atoms with van der Waals surface area (Å²) in [6.07, 6.45) is 4.87. The summed E-state index contributed by atoms with van der Waals surface area (Å²) in [5.74, 6) is 0.178. The maximum absolute atomic E-state index is 13.4. The third-order valence-electron chi connectivity index (χ3n) is 6.29. The lowest BCUT2D eigenvalue weighted by molar-refractivity contribution is 0.102. The summed E-state index contributed by atoms with van der Waals surface area (Å²) in [7, 11) is -0.738. The van der Waals surface area contributed by atoms with Gasteiger partial charge in [-0.05, 0) is 61.8 Å². The molecule has 1 aliphatic heterocycles. The number of thiophene rings is 1. The first-order chi connectivity index (χ1) is 15.2. The molecule has 2 heterocycles. The molecule has 4 rings (SSSR count). The highest BCUT2D eigenvalue weighted by molar-refractivity contribution is 7.89. The number of hydrogen-bond acceptors (Lipinski definition) is 6. The normalized spacial score (nSPS) is 18.5. The van der Waals surface area contributed by atoms with E-state index in [1.165, 1.54) is 36.4 Å². The van der Waals surface area contributed by atoms with Crippen LogP contribution in [-0.4, -0.2) is 45.8 Å². The summed E-state index contributed by atoms with van der Waals surface area (Å²) in [6, 6.07) is 7.02. The molecule has 1 atom stereocenters. The fourth-order valence-corrected chi connectivity index (χ4v) is 6.71. The van der Waals surface area contributed by atoms with Crippen LogP contribution in [-0.2, 0) is 22.9 Å². The summed E-state index contributed by atoms with van der Waals surface area (Å²) >= 11 is 1.47. The van der Waals surface area contributed by atoms with Crippen LogP contribution in [0.15, 0.2) is 23.1 Å². The van der Waals surface area contributed by atoms with Crippen molar-refractivity contribution >= 4 is 38.0 Å². The predicted octanol–water partition coefficient (Wildman–Crippen LogP) is 3.85. The molecule has 0 unspecified atom stereocenters. The number of sulfonamides is 1. The van der Waals surface area contributed by atoms with Crippen molar-refractivity contribution in [2.75, 3.05) is 37.4 Å². The maximum Gasteiger partial charge on any atom is 0.258 e. The van der Waals surface area contributed by atoms with E-state index in [2.05, 4.69) is 23.2 Å². The van der Waals surface area contributed by atoms with Crippen LogP contribution >= 0.6 is 11.3 Å². The lowest BCUT2D eigenvalue weighted by Crippen LogP contribution is -2.25. The minimum atomic E-state index is -3.68. The van der Waals surface area contributed by atoms with Gasteiger partial charge in [0.2, 0.25) is 10.0 Å². The average molecular weight is 473 g/mol. The number of carbonyl (C=O) groups excluding carboxylic acids is 1. The molecule has 2 aromatic rings. The van der Waals surface area contributed by atoms with Gasteiger partial charge >= 0.3 is 0 Å². The van der Waals surface area contributed by atoms with Crippen LogP contribution in [0.25, 0.3) is 0 Å². The van der Waals surface area contributed by atoms with Crippen molar-refractivity contribution in [3.63, 3.8) is 0 Å². The summed E-state index contributed by atoms with van der Waals surface area (Å²) in [6.45, 7) is 3.86. The maximum atomic E-state index is 13.4. The molecule has 0 radical (unpaired) electrons. The van der Waals surface area contributed by atoms with Crippen LogP contribution in [0.4, 0.5) is 10.7 Å². The molecule has 32 heavy (non-hydrogen) atoms. The smallest absolute Gasteiger partial charge is 0.258 e. The molecule has 0 spiro atoms. The standard InChI is InChI=1S/C23H28N4O3S2/c1-15-6-8-17-19(14-24)23(31-21(17)12-15)25-22(28)18-13-16(32(29,30)26(2)3)7-9-20(18)27-10-4-5-11-27/h7,9,13,15H,4-6,8,10-12H2,1-3H3,(H,25,28)/t15-/m0/s1. The molecule has 170 valence electrons. The Morgan fingerprint density at radius 1 is 1.28 bits per heavy atom. The molecule has 1 saturated heterocycles. The van der Waals surface area contributed by atoms with Crippen LogP contribution in [0.1, 0.15) is 52.5 Å². The Labute approximate surface area is 193 Å². The molecular formula is C23H28N4O3S2. The van der Waals surface area contributed by atoms with Crippen LogP contribution in [0, 0.1) is 17.2 Å². The van der Waals surface area contributed by atoms with Gasteiger partial charge in [-0.1, -0.05) is 6.92 Å². The Kier molecular flexibility index (Phi) is 6.30. The Morgan fingerprint density at radius 2 is 2.00 bits per heavy atom. The highest BCUT2D eigenvalue weighted by Gasteiger charge is 2.28. The van der Waals surface area contributed by atoms with Crippen LogP contribution in [0.2, 0.25) is 0 Å². The number of hydrogen-bond donors (Lipinski definition) is 1. The van der Waals surface area contributed by atoms with Crippen molar-refractivity contribution in [2.45, 2.75) is 43.9 Å². The molecule has 0 bridgehead atoms. The number of amides is 1. The van der Waals surface area contributed by atoms with Gasteiger partial charge in [0.25, 0.3) is 5.91 Å². The van der Waals surface area contributed by atoms with E-state index in [1.54, 1.807) is 12.1 Å². The van der Waals surface area contributed by atoms with E-state index in [0.29, 0.717) is 22.0 Å². The quantitative estimate of drug-likeness (QED) is 0.713. The lowest BCUT2D eigenvalue weighted by atomic mass is 9.88. The third-order valence-corrected chi connectivity index (χ3v) is 9.27. The average Bonchev–Trinajstić information content (AvgIpc) is 3.40. The number of nitriles is 1. The van der Waals surface area contributed by atoms with Crippen molar-refractivity contribution in [3.8, 4) is 6.07 Å². The molecule has 1 aromatic heterocycles. The zero-order valence-corrected chi connectivity index (χ0v) is 20.3. The third kappa shape index (κ3) is 4.15. The zero-order chi connectivity index (χ0) is 23.0. The van der Waals surface area contributed by atoms with Gasteiger partial charge in [-0.15, -0.1) is 11.3 Å². The van der Waals surface area contributed by atoms with E-state index >= 15 is 0 Å². The van der Waals surface area contributed by atoms with Crippen molar-refractivity contribution < 1.29 is 13.2 Å². The van der Waals surface area contributed by atoms with Crippen molar-refractivity contribution in [1.82, 2.24) is 4.31 Å². The SMILES string of the molecule is C[C@H]1CCc2c(sc(NC(=O)c3cc(S(=O)(=O)N(C)C)ccc3N3CCCC3)c2C#N)C1. The molecule has 1 N–H and O–H groups in total. The number of fused-ring (bicyclic) bond motifs is 1. The van der Waals surface area contributed by atoms with Gasteiger partial charge in [-0.2, -0.15) is 5.26 Å². The van der Waals surface area contributed by atoms with Gasteiger partial charge < -0.3 is 10.2 Å². The van der Waals surface area contributed by atoms with Crippen molar-refractivity contribution in [1.29, 1.82) is 5.26 Å². The van der Waals surface area contributed by atoms with Crippen LogP contribution in [0.5, 0.6) is 0 Å². The minimum Gasteiger partial charge on any atom is -0.371 e. The van der Waals surface area contributed by atoms with E-state index in [9.17, 15) is 18.5 Å². The van der Waals surface area contributed by atoms with E-state index in [-0.39, 0.29) is 10.8 Å². The minimum absolute atomic E-state index is 0.0791. The number of rotatable bonds is 5. The Morgan fingerprint density at radius 3 is 2.66 bits per heavy atom. The fourth-order valence-electron chi connectivity index (χ4n) is 4.43. The van der Waals surface area contributed by atoms with Gasteiger partial charge in [0.15, 0.2) is 0 Å². The second-order valence-electron chi connectivity index (χ2n) is 8.78. The summed E-state index contributed by atoms with van der Waals surface area (Å²) < 4.78 is 26.5. The number of nitrogens with one attached hydrogen (secondary N) is 1. The van der Waals surface area contributed by atoms with Crippen molar-refractivity contribution in [3.05, 3.63) is 39.8 Å². The van der Waals surface area contributed by atoms with Crippen LogP contribution in [0.3, 0.4) is 0 Å². The summed E-state index contributed by atoms with van der Waals surface area (Å²) in [4.78, 5) is 16.8. The lowest BCUT2D eigenvalue weighted by Gasteiger charge is -2.22. The molecular weight excluding hydrogens is 444 g/mol. The number of nitrogens with zero attached hydrogens (tertiary/aromatic N) is 3. The van der Waals surface area contributed by atoms with E-state index in [0.717, 1.165) is 60.7 Å². The second-order valence-corrected chi connectivity index (χ2v) is 12.0. The Bertz CT molecular complexity index is 1190. The van der Waals surface area contributed by atoms with E-state index in [4.69, 9.17) is 0 Å². The van der Waals surface area contributed by atoms with E-state index in [1.807, 2.05) is 0 Å². The first-order valence-electron chi connectivity index (χ1n) is 10.9. The van der Waals surface area contributed by atoms with Crippen molar-refractivity contribution in [2.24, 2.45) is 5.92 Å². The van der Waals surface area contributed by atoms with E-state index < -0.39 is 10.0 Å². The monoisotopic (exact) mass is 472 g/mol. The Hall–Kier alpha value is -2.41. The zero-order valence-electron chi connectivity index (χ0n) is 18.6. The van der Waals surface area contributed by atoms with Gasteiger partial charge in [0.1, 0.15) is 11.1 Å². The first kappa shape index (κ1) is 22.8. The molecule has 7 nitrogen and oxygen atoms in total. The van der Waals surface area contributed by atoms with Crippen LogP contribution < -0.4 is 10.2 Å². The molecule has 1 aliphatic carbocycles. The van der Waals surface area contributed by atoms with Gasteiger partial charge in [0.05, 0.1) is 16.0 Å². The fraction of sp³-hybridized carbons (Fsp3) is 0.478. The molecule has 1 amide bonds. The molecule has 1 aromatic carbocycles. The molecule has 1 fully saturated rings. The largest absolute Gasteiger partial charge is 0.371 e. The van der Waals surface area contributed by atoms with Gasteiger partial charge in [0, 0.05) is 37.7 Å². The van der Waals surface area contributed by atoms with Gasteiger partial charge in [-0.3, -0.25) is 4.79 Å². The molecule has 2 aliphatic rings. The predicted molar refractivity (Wildman–Crippen MR) is 127 cm³/mol. The first-order valence-corrected chi connectivity index (χ1v) is 13.2. The molecule has 9 heteroatoms. The number of carbonyl (C=O) groups is 1. The number of benzene rings is 1. The second kappa shape index (κ2) is 8.85. The number of anilines is 2. The highest BCUT2D eigenvalue weighted by Crippen LogP contribution is 2.40. The summed E-state index contributed by atoms with van der Waals surface area (Å²) in [5.41, 5.74) is 2.64.